The monoisotopic (exact) mass is 402 g/mol. The van der Waals surface area contributed by atoms with Crippen molar-refractivity contribution in [3.8, 4) is 5.75 Å². The van der Waals surface area contributed by atoms with E-state index in [0.717, 1.165) is 6.07 Å². The first-order valence-corrected chi connectivity index (χ1v) is 9.32. The molecule has 0 spiro atoms. The van der Waals surface area contributed by atoms with E-state index < -0.39 is 37.3 Å². The van der Waals surface area contributed by atoms with Gasteiger partial charge >= 0.3 is 0 Å². The van der Waals surface area contributed by atoms with E-state index in [1.165, 1.54) is 30.3 Å². The highest BCUT2D eigenvalue weighted by molar-refractivity contribution is 7.86. The van der Waals surface area contributed by atoms with Gasteiger partial charge in [0.05, 0.1) is 10.6 Å². The van der Waals surface area contributed by atoms with Crippen LogP contribution in [0.25, 0.3) is 10.8 Å². The van der Waals surface area contributed by atoms with Crippen LogP contribution in [0.5, 0.6) is 5.75 Å². The molecule has 3 aromatic carbocycles. The van der Waals surface area contributed by atoms with Gasteiger partial charge in [0.2, 0.25) is 0 Å². The summed E-state index contributed by atoms with van der Waals surface area (Å²) in [5.74, 6) is -1.79. The Morgan fingerprint density at radius 1 is 1.14 bits per heavy atom. The van der Waals surface area contributed by atoms with Gasteiger partial charge in [0.25, 0.3) is 21.7 Å². The number of nitrogens with zero attached hydrogens (tertiary/aromatic N) is 1. The molecular weight excluding hydrogens is 388 g/mol. The summed E-state index contributed by atoms with van der Waals surface area (Å²) in [5.41, 5.74) is -0.418. The molecule has 0 saturated carbocycles. The van der Waals surface area contributed by atoms with Crippen molar-refractivity contribution in [1.29, 1.82) is 0 Å². The fourth-order valence-electron chi connectivity index (χ4n) is 2.80. The molecule has 0 radical (unpaired) electrons. The van der Waals surface area contributed by atoms with Crippen LogP contribution in [0.1, 0.15) is 15.9 Å². The second-order valence-electron chi connectivity index (χ2n) is 6.03. The number of phenolic OH excluding ortho intramolecular Hbond substituents is 1. The molecule has 0 unspecified atom stereocenters. The van der Waals surface area contributed by atoms with Crippen molar-refractivity contribution in [2.24, 2.45) is 0 Å². The van der Waals surface area contributed by atoms with Gasteiger partial charge in [-0.25, -0.2) is 0 Å². The molecule has 28 heavy (non-hydrogen) atoms. The largest absolute Gasteiger partial charge is 0.504 e. The van der Waals surface area contributed by atoms with E-state index in [4.69, 9.17) is 0 Å². The van der Waals surface area contributed by atoms with Gasteiger partial charge in [0.15, 0.2) is 5.75 Å². The van der Waals surface area contributed by atoms with Crippen LogP contribution < -0.4 is 5.32 Å². The highest BCUT2D eigenvalue weighted by Gasteiger charge is 2.25. The summed E-state index contributed by atoms with van der Waals surface area (Å²) in [4.78, 5) is 22.4. The zero-order valence-corrected chi connectivity index (χ0v) is 15.2. The number of rotatable bonds is 4. The smallest absolute Gasteiger partial charge is 0.298 e. The van der Waals surface area contributed by atoms with E-state index in [-0.39, 0.29) is 16.6 Å². The number of hydrogen-bond acceptors (Lipinski definition) is 6. The van der Waals surface area contributed by atoms with Crippen molar-refractivity contribution in [2.45, 2.75) is 11.8 Å². The molecular formula is C18H14N2O7S. The van der Waals surface area contributed by atoms with Crippen LogP contribution in [0.2, 0.25) is 0 Å². The van der Waals surface area contributed by atoms with Gasteiger partial charge in [-0.3, -0.25) is 19.5 Å². The molecule has 9 nitrogen and oxygen atoms in total. The van der Waals surface area contributed by atoms with Crippen molar-refractivity contribution in [3.05, 3.63) is 69.8 Å². The van der Waals surface area contributed by atoms with E-state index in [9.17, 15) is 33.0 Å². The van der Waals surface area contributed by atoms with Gasteiger partial charge in [-0.15, -0.1) is 0 Å². The standard InChI is InChI=1S/C18H14N2O7S/c1-10-6-7-13(14(8-10)20(23)24)18(22)19-16-12-5-3-2-4-11(12)9-15(17(16)21)28(25,26)27/h2-9,21H,1H3,(H,19,22)(H,25,26,27). The Kier molecular flexibility index (Phi) is 4.75. The molecule has 0 saturated heterocycles. The van der Waals surface area contributed by atoms with Gasteiger partial charge in [-0.2, -0.15) is 8.42 Å². The molecule has 0 aliphatic carbocycles. The van der Waals surface area contributed by atoms with Gasteiger partial charge < -0.3 is 10.4 Å². The summed E-state index contributed by atoms with van der Waals surface area (Å²) in [6, 6.07) is 11.3. The number of benzene rings is 3. The molecule has 0 aliphatic heterocycles. The maximum atomic E-state index is 12.7. The van der Waals surface area contributed by atoms with Crippen LogP contribution in [-0.4, -0.2) is 28.9 Å². The average molecular weight is 402 g/mol. The van der Waals surface area contributed by atoms with Crippen molar-refractivity contribution in [2.75, 3.05) is 5.32 Å². The predicted molar refractivity (Wildman–Crippen MR) is 101 cm³/mol. The van der Waals surface area contributed by atoms with E-state index in [1.54, 1.807) is 19.1 Å². The highest BCUT2D eigenvalue weighted by Crippen LogP contribution is 2.39. The lowest BCUT2D eigenvalue weighted by molar-refractivity contribution is -0.385. The second kappa shape index (κ2) is 6.91. The number of fused-ring (bicyclic) bond motifs is 1. The number of nitro groups is 1. The summed E-state index contributed by atoms with van der Waals surface area (Å²) in [6.07, 6.45) is 0. The number of phenols is 1. The molecule has 0 aromatic heterocycles. The van der Waals surface area contributed by atoms with E-state index >= 15 is 0 Å². The van der Waals surface area contributed by atoms with Crippen LogP contribution in [-0.2, 0) is 10.1 Å². The molecule has 144 valence electrons. The molecule has 1 amide bonds. The van der Waals surface area contributed by atoms with Crippen LogP contribution in [0.4, 0.5) is 11.4 Å². The number of aryl methyl sites for hydroxylation is 1. The summed E-state index contributed by atoms with van der Waals surface area (Å²) in [5, 5.41) is 24.5. The number of anilines is 1. The topological polar surface area (TPSA) is 147 Å². The number of nitrogens with one attached hydrogen (secondary N) is 1. The van der Waals surface area contributed by atoms with Crippen molar-refractivity contribution < 1.29 is 27.8 Å². The molecule has 0 fully saturated rings. The fraction of sp³-hybridized carbons (Fsp3) is 0.0556. The maximum Gasteiger partial charge on any atom is 0.298 e. The normalized spacial score (nSPS) is 11.4. The van der Waals surface area contributed by atoms with Gasteiger partial charge in [0.1, 0.15) is 10.5 Å². The summed E-state index contributed by atoms with van der Waals surface area (Å²) in [7, 11) is -4.78. The SMILES string of the molecule is Cc1ccc(C(=O)Nc2c(O)c(S(=O)(=O)O)cc3ccccc23)c([N+](=O)[O-])c1. The van der Waals surface area contributed by atoms with Crippen molar-refractivity contribution in [3.63, 3.8) is 0 Å². The number of amides is 1. The van der Waals surface area contributed by atoms with Crippen LogP contribution >= 0.6 is 0 Å². The number of aromatic hydroxyl groups is 1. The van der Waals surface area contributed by atoms with Crippen LogP contribution in [0.15, 0.2) is 53.4 Å². The minimum atomic E-state index is -4.78. The maximum absolute atomic E-state index is 12.7. The van der Waals surface area contributed by atoms with E-state index in [0.29, 0.717) is 10.9 Å². The summed E-state index contributed by atoms with van der Waals surface area (Å²) >= 11 is 0. The molecule has 3 aromatic rings. The lowest BCUT2D eigenvalue weighted by Gasteiger charge is -2.14. The first-order valence-electron chi connectivity index (χ1n) is 7.88. The van der Waals surface area contributed by atoms with Crippen molar-refractivity contribution in [1.82, 2.24) is 0 Å². The van der Waals surface area contributed by atoms with Gasteiger partial charge in [-0.1, -0.05) is 30.3 Å². The summed E-state index contributed by atoms with van der Waals surface area (Å²) < 4.78 is 32.5. The molecule has 10 heteroatoms. The molecule has 0 atom stereocenters. The molecule has 0 bridgehead atoms. The third-order valence-corrected chi connectivity index (χ3v) is 4.96. The lowest BCUT2D eigenvalue weighted by atomic mass is 10.1. The fourth-order valence-corrected chi connectivity index (χ4v) is 3.42. The highest BCUT2D eigenvalue weighted by atomic mass is 32.2. The third-order valence-electron chi connectivity index (χ3n) is 4.10. The first kappa shape index (κ1) is 19.3. The number of carbonyl (C=O) groups is 1. The third kappa shape index (κ3) is 3.50. The predicted octanol–water partition coefficient (Wildman–Crippen LogP) is 3.26. The first-order chi connectivity index (χ1) is 13.1. The minimum Gasteiger partial charge on any atom is -0.504 e. The Bertz CT molecular complexity index is 1240. The zero-order chi connectivity index (χ0) is 20.6. The van der Waals surface area contributed by atoms with E-state index in [1.807, 2.05) is 0 Å². The molecule has 0 heterocycles. The zero-order valence-electron chi connectivity index (χ0n) is 14.4. The average Bonchev–Trinajstić information content (AvgIpc) is 2.62. The molecule has 3 N–H and O–H groups in total. The quantitative estimate of drug-likeness (QED) is 0.263. The lowest BCUT2D eigenvalue weighted by Crippen LogP contribution is -2.15. The molecule has 0 aliphatic rings. The van der Waals surface area contributed by atoms with Gasteiger partial charge in [-0.05, 0) is 30.0 Å². The Balaban J connectivity index is 2.19. The summed E-state index contributed by atoms with van der Waals surface area (Å²) in [6.45, 7) is 1.63. The number of carbonyl (C=O) groups excluding carboxylic acids is 1. The van der Waals surface area contributed by atoms with Crippen LogP contribution in [0, 0.1) is 17.0 Å². The van der Waals surface area contributed by atoms with Gasteiger partial charge in [0, 0.05) is 11.5 Å². The molecule has 3 rings (SSSR count). The van der Waals surface area contributed by atoms with Crippen molar-refractivity contribution >= 4 is 38.2 Å². The number of nitro benzene ring substituents is 1. The second-order valence-corrected chi connectivity index (χ2v) is 7.42. The van der Waals surface area contributed by atoms with Crippen LogP contribution in [0.3, 0.4) is 0 Å². The number of hydrogen-bond donors (Lipinski definition) is 3. The van der Waals surface area contributed by atoms with E-state index in [2.05, 4.69) is 5.32 Å². The Morgan fingerprint density at radius 3 is 2.46 bits per heavy atom. The Hall–Kier alpha value is -3.50. The Labute approximate surface area is 159 Å². The Morgan fingerprint density at radius 2 is 1.82 bits per heavy atom. The minimum absolute atomic E-state index is 0.267.